The highest BCUT2D eigenvalue weighted by atomic mass is 35.5. The van der Waals surface area contributed by atoms with Crippen molar-refractivity contribution >= 4 is 24.0 Å². The number of furan rings is 1. The molecular formula is C19H21ClN4O4. The fourth-order valence-electron chi connectivity index (χ4n) is 3.15. The number of halogens is 1. The van der Waals surface area contributed by atoms with E-state index >= 15 is 0 Å². The second kappa shape index (κ2) is 8.45. The number of nitrogens with zero attached hydrogens (tertiary/aromatic N) is 2. The maximum atomic E-state index is 12.0. The third kappa shape index (κ3) is 4.35. The summed E-state index contributed by atoms with van der Waals surface area (Å²) in [7, 11) is 0. The van der Waals surface area contributed by atoms with Crippen molar-refractivity contribution in [2.24, 2.45) is 5.73 Å². The van der Waals surface area contributed by atoms with Gasteiger partial charge in [0.15, 0.2) is 18.2 Å². The van der Waals surface area contributed by atoms with Gasteiger partial charge in [-0.25, -0.2) is 0 Å². The first kappa shape index (κ1) is 19.9. The van der Waals surface area contributed by atoms with Crippen LogP contribution in [0.3, 0.4) is 0 Å². The van der Waals surface area contributed by atoms with Gasteiger partial charge in [-0.05, 0) is 37.1 Å². The highest BCUT2D eigenvalue weighted by Crippen LogP contribution is 2.34. The molecule has 0 aliphatic heterocycles. The lowest BCUT2D eigenvalue weighted by atomic mass is 9.99. The molecule has 2 aromatic heterocycles. The Morgan fingerprint density at radius 3 is 2.82 bits per heavy atom. The van der Waals surface area contributed by atoms with Crippen molar-refractivity contribution in [3.05, 3.63) is 60.1 Å². The first-order chi connectivity index (χ1) is 13.1. The summed E-state index contributed by atoms with van der Waals surface area (Å²) in [5.74, 6) is 1.38. The summed E-state index contributed by atoms with van der Waals surface area (Å²) in [6.45, 7) is 0.124. The van der Waals surface area contributed by atoms with Crippen molar-refractivity contribution in [1.29, 1.82) is 0 Å². The lowest BCUT2D eigenvalue weighted by Crippen LogP contribution is -2.34. The molecule has 0 unspecified atom stereocenters. The number of aromatic nitrogens is 2. The van der Waals surface area contributed by atoms with E-state index < -0.39 is 5.54 Å². The van der Waals surface area contributed by atoms with Crippen LogP contribution in [0.2, 0.25) is 0 Å². The molecule has 4 rings (SSSR count). The average molecular weight is 405 g/mol. The van der Waals surface area contributed by atoms with Crippen molar-refractivity contribution in [2.45, 2.75) is 37.8 Å². The predicted octanol–water partition coefficient (Wildman–Crippen LogP) is 3.64. The Hall–Kier alpha value is -2.84. The summed E-state index contributed by atoms with van der Waals surface area (Å²) in [4.78, 5) is 16.4. The van der Waals surface area contributed by atoms with Crippen molar-refractivity contribution in [1.82, 2.24) is 10.1 Å². The van der Waals surface area contributed by atoms with Gasteiger partial charge in [0.25, 0.3) is 11.8 Å². The van der Waals surface area contributed by atoms with Crippen molar-refractivity contribution in [3.63, 3.8) is 0 Å². The highest BCUT2D eigenvalue weighted by Gasteiger charge is 2.35. The van der Waals surface area contributed by atoms with E-state index in [-0.39, 0.29) is 30.7 Å². The maximum Gasteiger partial charge on any atom is 0.291 e. The van der Waals surface area contributed by atoms with Gasteiger partial charge in [-0.2, -0.15) is 4.98 Å². The van der Waals surface area contributed by atoms with E-state index in [0.717, 1.165) is 25.7 Å². The van der Waals surface area contributed by atoms with Crippen LogP contribution in [0.4, 0.5) is 5.69 Å². The summed E-state index contributed by atoms with van der Waals surface area (Å²) in [6, 6.07) is 10.3. The van der Waals surface area contributed by atoms with Gasteiger partial charge in [0.05, 0.1) is 11.8 Å². The van der Waals surface area contributed by atoms with Crippen LogP contribution < -0.4 is 15.8 Å². The van der Waals surface area contributed by atoms with E-state index in [0.29, 0.717) is 23.2 Å². The lowest BCUT2D eigenvalue weighted by Gasteiger charge is -2.17. The number of hydrogen-bond acceptors (Lipinski definition) is 7. The van der Waals surface area contributed by atoms with Gasteiger partial charge < -0.3 is 24.7 Å². The van der Waals surface area contributed by atoms with E-state index in [2.05, 4.69) is 15.5 Å². The third-order valence-electron chi connectivity index (χ3n) is 4.61. The number of ether oxygens (including phenoxy) is 1. The lowest BCUT2D eigenvalue weighted by molar-refractivity contribution is 0.0996. The van der Waals surface area contributed by atoms with Crippen molar-refractivity contribution < 1.29 is 18.5 Å². The molecule has 1 saturated carbocycles. The smallest absolute Gasteiger partial charge is 0.291 e. The van der Waals surface area contributed by atoms with E-state index in [9.17, 15) is 4.79 Å². The Labute approximate surface area is 167 Å². The van der Waals surface area contributed by atoms with Crippen molar-refractivity contribution in [2.75, 3.05) is 5.32 Å². The Morgan fingerprint density at radius 1 is 1.25 bits per heavy atom. The summed E-state index contributed by atoms with van der Waals surface area (Å²) >= 11 is 0. The molecule has 148 valence electrons. The van der Waals surface area contributed by atoms with Crippen LogP contribution in [0, 0.1) is 0 Å². The van der Waals surface area contributed by atoms with Gasteiger partial charge in [0.1, 0.15) is 5.75 Å². The van der Waals surface area contributed by atoms with Crippen LogP contribution in [0.5, 0.6) is 5.75 Å². The van der Waals surface area contributed by atoms with Crippen LogP contribution >= 0.6 is 12.4 Å². The normalized spacial score (nSPS) is 15.0. The molecule has 9 heteroatoms. The molecule has 2 heterocycles. The number of carbonyl (C=O) groups excluding carboxylic acids is 1. The van der Waals surface area contributed by atoms with E-state index in [1.54, 1.807) is 36.4 Å². The predicted molar refractivity (Wildman–Crippen MR) is 103 cm³/mol. The van der Waals surface area contributed by atoms with E-state index in [1.165, 1.54) is 6.26 Å². The van der Waals surface area contributed by atoms with Crippen LogP contribution in [0.15, 0.2) is 51.6 Å². The topological polar surface area (TPSA) is 116 Å². The molecule has 1 aliphatic rings. The molecule has 1 aromatic carbocycles. The number of amides is 1. The molecule has 0 radical (unpaired) electrons. The Bertz CT molecular complexity index is 920. The summed E-state index contributed by atoms with van der Waals surface area (Å²) in [5.41, 5.74) is 6.44. The molecule has 0 atom stereocenters. The Morgan fingerprint density at radius 2 is 2.07 bits per heavy atom. The maximum absolute atomic E-state index is 12.0. The number of nitrogens with two attached hydrogens (primary N) is 1. The fourth-order valence-corrected chi connectivity index (χ4v) is 3.15. The van der Waals surface area contributed by atoms with E-state index in [1.807, 2.05) is 0 Å². The Balaban J connectivity index is 0.00000225. The minimum Gasteiger partial charge on any atom is -0.484 e. The number of anilines is 1. The largest absolute Gasteiger partial charge is 0.484 e. The van der Waals surface area contributed by atoms with Gasteiger partial charge >= 0.3 is 0 Å². The minimum atomic E-state index is -0.488. The molecule has 1 fully saturated rings. The first-order valence-corrected chi connectivity index (χ1v) is 8.82. The number of rotatable bonds is 6. The number of nitrogens with one attached hydrogen (secondary N) is 1. The highest BCUT2D eigenvalue weighted by molar-refractivity contribution is 6.02. The molecule has 3 aromatic rings. The molecule has 0 saturated heterocycles. The third-order valence-corrected chi connectivity index (χ3v) is 4.61. The summed E-state index contributed by atoms with van der Waals surface area (Å²) < 4.78 is 16.0. The molecule has 8 nitrogen and oxygen atoms in total. The first-order valence-electron chi connectivity index (χ1n) is 8.82. The molecule has 0 spiro atoms. The number of hydrogen-bond donors (Lipinski definition) is 2. The molecule has 3 N–H and O–H groups in total. The second-order valence-electron chi connectivity index (χ2n) is 6.62. The quantitative estimate of drug-likeness (QED) is 0.644. The Kier molecular flexibility index (Phi) is 6.01. The zero-order valence-electron chi connectivity index (χ0n) is 15.1. The summed E-state index contributed by atoms with van der Waals surface area (Å²) in [6.07, 6.45) is 5.33. The minimum absolute atomic E-state index is 0. The molecular weight excluding hydrogens is 384 g/mol. The van der Waals surface area contributed by atoms with Crippen LogP contribution in [0.1, 0.15) is 48.0 Å². The number of benzene rings is 1. The monoisotopic (exact) mass is 404 g/mol. The standard InChI is InChI=1S/C19H20N4O4.ClH/c20-19(8-1-2-9-19)18-22-16(27-23-18)12-26-14-6-3-5-13(11-14)21-17(24)15-7-4-10-25-15;/h3-7,10-11H,1-2,8-9,12,20H2,(H,21,24);1H. The summed E-state index contributed by atoms with van der Waals surface area (Å²) in [5, 5.41) is 6.76. The fraction of sp³-hybridized carbons (Fsp3) is 0.316. The second-order valence-corrected chi connectivity index (χ2v) is 6.62. The molecule has 1 amide bonds. The molecule has 1 aliphatic carbocycles. The molecule has 0 bridgehead atoms. The van der Waals surface area contributed by atoms with Gasteiger partial charge in [-0.1, -0.05) is 24.1 Å². The van der Waals surface area contributed by atoms with Crippen LogP contribution in [0.25, 0.3) is 0 Å². The van der Waals surface area contributed by atoms with Crippen LogP contribution in [-0.4, -0.2) is 16.0 Å². The van der Waals surface area contributed by atoms with Gasteiger partial charge in [-0.15, -0.1) is 12.4 Å². The van der Waals surface area contributed by atoms with Gasteiger partial charge in [-0.3, -0.25) is 4.79 Å². The zero-order chi connectivity index (χ0) is 18.7. The van der Waals surface area contributed by atoms with Crippen molar-refractivity contribution in [3.8, 4) is 5.75 Å². The van der Waals surface area contributed by atoms with Gasteiger partial charge in [0, 0.05) is 11.8 Å². The SMILES string of the molecule is Cl.NC1(c2noc(COc3cccc(NC(=O)c4ccco4)c3)n2)CCCC1. The average Bonchev–Trinajstić information content (AvgIpc) is 3.42. The zero-order valence-corrected chi connectivity index (χ0v) is 15.9. The van der Waals surface area contributed by atoms with E-state index in [4.69, 9.17) is 19.4 Å². The van der Waals surface area contributed by atoms with Crippen LogP contribution in [-0.2, 0) is 12.1 Å². The number of carbonyl (C=O) groups is 1. The van der Waals surface area contributed by atoms with Gasteiger partial charge in [0.2, 0.25) is 0 Å². The molecule has 28 heavy (non-hydrogen) atoms.